The minimum atomic E-state index is -0.420. The predicted molar refractivity (Wildman–Crippen MR) is 104 cm³/mol. The number of benzene rings is 2. The van der Waals surface area contributed by atoms with Gasteiger partial charge >= 0.3 is 5.63 Å². The summed E-state index contributed by atoms with van der Waals surface area (Å²) in [6.07, 6.45) is 1.67. The van der Waals surface area contributed by atoms with Gasteiger partial charge in [-0.05, 0) is 30.2 Å². The first-order chi connectivity index (χ1) is 13.0. The average Bonchev–Trinajstić information content (AvgIpc) is 2.66. The van der Waals surface area contributed by atoms with Crippen molar-refractivity contribution >= 4 is 23.1 Å². The van der Waals surface area contributed by atoms with E-state index in [9.17, 15) is 9.59 Å². The van der Waals surface area contributed by atoms with Crippen LogP contribution in [0.5, 0.6) is 5.75 Å². The summed E-state index contributed by atoms with van der Waals surface area (Å²) in [5.74, 6) is 0.143. The number of nitrogens with zero attached hydrogens (tertiary/aromatic N) is 1. The summed E-state index contributed by atoms with van der Waals surface area (Å²) in [6, 6.07) is 16.4. The van der Waals surface area contributed by atoms with E-state index in [4.69, 9.17) is 9.15 Å². The van der Waals surface area contributed by atoms with Gasteiger partial charge in [0.1, 0.15) is 11.3 Å². The van der Waals surface area contributed by atoms with Crippen molar-refractivity contribution in [2.45, 2.75) is 19.8 Å². The Morgan fingerprint density at radius 2 is 2.00 bits per heavy atom. The van der Waals surface area contributed by atoms with Crippen LogP contribution in [0, 0.1) is 6.92 Å². The van der Waals surface area contributed by atoms with E-state index in [1.54, 1.807) is 24.4 Å². The Hall–Kier alpha value is -3.41. The molecule has 1 atom stereocenters. The molecule has 2 aromatic carbocycles. The fourth-order valence-corrected chi connectivity index (χ4v) is 2.64. The first-order valence-corrected chi connectivity index (χ1v) is 8.57. The van der Waals surface area contributed by atoms with Gasteiger partial charge in [0.25, 0.3) is 5.91 Å². The number of hydrazone groups is 1. The number of ether oxygens (including phenoxy) is 1. The second-order valence-electron chi connectivity index (χ2n) is 6.21. The zero-order chi connectivity index (χ0) is 19.2. The van der Waals surface area contributed by atoms with E-state index in [2.05, 4.69) is 10.5 Å². The third-order valence-corrected chi connectivity index (χ3v) is 4.11. The summed E-state index contributed by atoms with van der Waals surface area (Å²) in [7, 11) is 0. The lowest BCUT2D eigenvalue weighted by Gasteiger charge is -2.07. The summed E-state index contributed by atoms with van der Waals surface area (Å²) in [5.41, 5.74) is 4.38. The highest BCUT2D eigenvalue weighted by Gasteiger charge is 2.06. The first-order valence-electron chi connectivity index (χ1n) is 8.57. The van der Waals surface area contributed by atoms with Crippen molar-refractivity contribution in [2.75, 3.05) is 6.61 Å². The number of hydrogen-bond donors (Lipinski definition) is 1. The van der Waals surface area contributed by atoms with E-state index < -0.39 is 5.63 Å². The van der Waals surface area contributed by atoms with E-state index in [-0.39, 0.29) is 18.4 Å². The van der Waals surface area contributed by atoms with Crippen molar-refractivity contribution in [1.29, 1.82) is 0 Å². The maximum absolute atomic E-state index is 11.9. The minimum Gasteiger partial charge on any atom is -0.484 e. The molecular formula is C21H20N2O4. The lowest BCUT2D eigenvalue weighted by atomic mass is 10.0. The van der Waals surface area contributed by atoms with E-state index in [0.717, 1.165) is 16.5 Å². The molecule has 1 amide bonds. The van der Waals surface area contributed by atoms with E-state index in [1.807, 2.05) is 44.2 Å². The maximum Gasteiger partial charge on any atom is 0.336 e. The first kappa shape index (κ1) is 18.4. The molecule has 6 nitrogen and oxygen atoms in total. The average molecular weight is 364 g/mol. The highest BCUT2D eigenvalue weighted by molar-refractivity contribution is 5.82. The summed E-state index contributed by atoms with van der Waals surface area (Å²) in [6.45, 7) is 3.63. The van der Waals surface area contributed by atoms with Gasteiger partial charge in [-0.2, -0.15) is 5.10 Å². The van der Waals surface area contributed by atoms with Crippen molar-refractivity contribution in [3.8, 4) is 5.75 Å². The minimum absolute atomic E-state index is 0.0824. The third-order valence-electron chi connectivity index (χ3n) is 4.11. The molecule has 0 spiro atoms. The Kier molecular flexibility index (Phi) is 5.66. The van der Waals surface area contributed by atoms with E-state index >= 15 is 0 Å². The molecule has 27 heavy (non-hydrogen) atoms. The Bertz CT molecular complexity index is 1030. The van der Waals surface area contributed by atoms with Gasteiger partial charge in [0.15, 0.2) is 6.61 Å². The lowest BCUT2D eigenvalue weighted by molar-refractivity contribution is -0.123. The topological polar surface area (TPSA) is 80.9 Å². The summed E-state index contributed by atoms with van der Waals surface area (Å²) < 4.78 is 10.6. The SMILES string of the molecule is Cc1cc(=O)oc2cc(OCC(=O)N/N=C\[C@@H](C)c3ccccc3)ccc12. The Morgan fingerprint density at radius 1 is 1.22 bits per heavy atom. The highest BCUT2D eigenvalue weighted by atomic mass is 16.5. The van der Waals surface area contributed by atoms with Gasteiger partial charge in [0.05, 0.1) is 0 Å². The Balaban J connectivity index is 1.55. The normalized spacial score (nSPS) is 12.2. The number of nitrogens with one attached hydrogen (secondary N) is 1. The molecule has 3 rings (SSSR count). The zero-order valence-corrected chi connectivity index (χ0v) is 15.1. The highest BCUT2D eigenvalue weighted by Crippen LogP contribution is 2.22. The molecule has 0 aliphatic heterocycles. The third kappa shape index (κ3) is 4.82. The van der Waals surface area contributed by atoms with Crippen molar-refractivity contribution in [2.24, 2.45) is 5.10 Å². The summed E-state index contributed by atoms with van der Waals surface area (Å²) >= 11 is 0. The van der Waals surface area contributed by atoms with Crippen LogP contribution in [-0.2, 0) is 4.79 Å². The molecule has 1 aromatic heterocycles. The van der Waals surface area contributed by atoms with Crippen LogP contribution in [-0.4, -0.2) is 18.7 Å². The van der Waals surface area contributed by atoms with Crippen LogP contribution in [0.2, 0.25) is 0 Å². The van der Waals surface area contributed by atoms with E-state index in [0.29, 0.717) is 11.3 Å². The molecule has 0 aliphatic carbocycles. The number of amides is 1. The monoisotopic (exact) mass is 364 g/mol. The number of hydrogen-bond acceptors (Lipinski definition) is 5. The van der Waals surface area contributed by atoms with Crippen LogP contribution < -0.4 is 15.8 Å². The predicted octanol–water partition coefficient (Wildman–Crippen LogP) is 3.39. The molecule has 6 heteroatoms. The molecule has 0 bridgehead atoms. The van der Waals surface area contributed by atoms with Crippen LogP contribution in [0.1, 0.15) is 24.0 Å². The maximum atomic E-state index is 11.9. The molecule has 0 unspecified atom stereocenters. The molecule has 3 aromatic rings. The van der Waals surface area contributed by atoms with Crippen molar-refractivity contribution < 1.29 is 13.9 Å². The second-order valence-corrected chi connectivity index (χ2v) is 6.21. The van der Waals surface area contributed by atoms with Crippen LogP contribution in [0.3, 0.4) is 0 Å². The van der Waals surface area contributed by atoms with Crippen molar-refractivity contribution in [3.63, 3.8) is 0 Å². The number of carbonyl (C=O) groups is 1. The van der Waals surface area contributed by atoms with Gasteiger partial charge in [-0.1, -0.05) is 37.3 Å². The number of rotatable bonds is 6. The number of aryl methyl sites for hydroxylation is 1. The molecule has 0 fully saturated rings. The van der Waals surface area contributed by atoms with Crippen LogP contribution in [0.15, 0.2) is 68.9 Å². The molecule has 0 aliphatic rings. The van der Waals surface area contributed by atoms with Crippen molar-refractivity contribution in [3.05, 3.63) is 76.1 Å². The number of fused-ring (bicyclic) bond motifs is 1. The van der Waals surface area contributed by atoms with Crippen LogP contribution in [0.4, 0.5) is 0 Å². The number of carbonyl (C=O) groups excluding carboxylic acids is 1. The lowest BCUT2D eigenvalue weighted by Crippen LogP contribution is -2.24. The molecule has 0 radical (unpaired) electrons. The molecule has 1 heterocycles. The molecule has 1 N–H and O–H groups in total. The second kappa shape index (κ2) is 8.31. The smallest absolute Gasteiger partial charge is 0.336 e. The Morgan fingerprint density at radius 3 is 2.78 bits per heavy atom. The summed E-state index contributed by atoms with van der Waals surface area (Å²) in [4.78, 5) is 23.4. The zero-order valence-electron chi connectivity index (χ0n) is 15.1. The molecular weight excluding hydrogens is 344 g/mol. The molecule has 0 saturated carbocycles. The molecule has 138 valence electrons. The quantitative estimate of drug-likeness (QED) is 0.413. The van der Waals surface area contributed by atoms with Crippen LogP contribution >= 0.6 is 0 Å². The van der Waals surface area contributed by atoms with Crippen molar-refractivity contribution in [1.82, 2.24) is 5.43 Å². The fraction of sp³-hybridized carbons (Fsp3) is 0.190. The van der Waals surface area contributed by atoms with Gasteiger partial charge in [-0.15, -0.1) is 0 Å². The molecule has 0 saturated heterocycles. The standard InChI is InChI=1S/C21H20N2O4/c1-14-10-21(25)27-19-11-17(8-9-18(14)19)26-13-20(24)23-22-12-15(2)16-6-4-3-5-7-16/h3-12,15H,13H2,1-2H3,(H,23,24)/b22-12-/t15-/m1/s1. The fourth-order valence-electron chi connectivity index (χ4n) is 2.64. The van der Waals surface area contributed by atoms with E-state index in [1.165, 1.54) is 6.07 Å². The van der Waals surface area contributed by atoms with Gasteiger partial charge in [0, 0.05) is 29.7 Å². The van der Waals surface area contributed by atoms with Gasteiger partial charge < -0.3 is 9.15 Å². The van der Waals surface area contributed by atoms with Gasteiger partial charge in [-0.3, -0.25) is 4.79 Å². The summed E-state index contributed by atoms with van der Waals surface area (Å²) in [5, 5.41) is 4.79. The van der Waals surface area contributed by atoms with Gasteiger partial charge in [-0.25, -0.2) is 10.2 Å². The Labute approximate surface area is 156 Å². The largest absolute Gasteiger partial charge is 0.484 e. The van der Waals surface area contributed by atoms with Gasteiger partial charge in [0.2, 0.25) is 0 Å². The van der Waals surface area contributed by atoms with Crippen LogP contribution in [0.25, 0.3) is 11.0 Å².